The van der Waals surface area contributed by atoms with Crippen LogP contribution >= 0.6 is 0 Å². The number of nitrogens with one attached hydrogen (secondary N) is 3. The number of hydrogen-bond acceptors (Lipinski definition) is 4. The summed E-state index contributed by atoms with van der Waals surface area (Å²) in [5, 5.41) is 15.8. The van der Waals surface area contributed by atoms with Crippen molar-refractivity contribution in [3.63, 3.8) is 0 Å². The largest absolute Gasteiger partial charge is 0.350 e. The quantitative estimate of drug-likeness (QED) is 0.731. The Kier molecular flexibility index (Phi) is 5.62. The van der Waals surface area contributed by atoms with Crippen LogP contribution in [0.3, 0.4) is 0 Å². The molecule has 0 spiro atoms. The first-order chi connectivity index (χ1) is 11.1. The Morgan fingerprint density at radius 1 is 1.00 bits per heavy atom. The lowest BCUT2D eigenvalue weighted by Gasteiger charge is -2.08. The molecule has 2 rings (SSSR count). The topological polar surface area (TPSA) is 96.0 Å². The van der Waals surface area contributed by atoms with E-state index in [-0.39, 0.29) is 5.91 Å². The molecule has 0 atom stereocenters. The molecule has 3 amide bonds. The Morgan fingerprint density at radius 3 is 2.39 bits per heavy atom. The maximum absolute atomic E-state index is 11.8. The van der Waals surface area contributed by atoms with Crippen molar-refractivity contribution in [1.82, 2.24) is 20.8 Å². The molecule has 0 bridgehead atoms. The summed E-state index contributed by atoms with van der Waals surface area (Å²) in [5.41, 5.74) is 2.35. The molecule has 7 heteroatoms. The van der Waals surface area contributed by atoms with Gasteiger partial charge in [-0.1, -0.05) is 18.2 Å². The van der Waals surface area contributed by atoms with Crippen LogP contribution in [0.4, 0.5) is 10.6 Å². The third kappa shape index (κ3) is 5.06. The highest BCUT2D eigenvalue weighted by molar-refractivity contribution is 5.94. The van der Waals surface area contributed by atoms with Gasteiger partial charge in [-0.15, -0.1) is 5.10 Å². The molecule has 0 fully saturated rings. The van der Waals surface area contributed by atoms with Crippen molar-refractivity contribution in [3.05, 3.63) is 53.2 Å². The first kappa shape index (κ1) is 16.4. The zero-order chi connectivity index (χ0) is 16.7. The highest BCUT2D eigenvalue weighted by Gasteiger charge is 2.06. The maximum Gasteiger partial charge on any atom is 0.320 e. The third-order valence-electron chi connectivity index (χ3n) is 3.21. The second kappa shape index (κ2) is 7.88. The minimum Gasteiger partial charge on any atom is -0.350 e. The van der Waals surface area contributed by atoms with Gasteiger partial charge in [0.25, 0.3) is 5.91 Å². The molecular weight excluding hydrogens is 294 g/mol. The van der Waals surface area contributed by atoms with Crippen LogP contribution in [-0.4, -0.2) is 35.2 Å². The summed E-state index contributed by atoms with van der Waals surface area (Å²) in [7, 11) is 0. The first-order valence-corrected chi connectivity index (χ1v) is 7.25. The van der Waals surface area contributed by atoms with Crippen molar-refractivity contribution in [2.45, 2.75) is 13.8 Å². The van der Waals surface area contributed by atoms with E-state index >= 15 is 0 Å². The van der Waals surface area contributed by atoms with Crippen LogP contribution in [0.5, 0.6) is 0 Å². The van der Waals surface area contributed by atoms with E-state index in [0.717, 1.165) is 11.3 Å². The first-order valence-electron chi connectivity index (χ1n) is 7.25. The Bertz CT molecular complexity index is 688. The highest BCUT2D eigenvalue weighted by atomic mass is 16.2. The fourth-order valence-electron chi connectivity index (χ4n) is 1.81. The van der Waals surface area contributed by atoms with Crippen LogP contribution in [-0.2, 0) is 0 Å². The Morgan fingerprint density at radius 2 is 1.70 bits per heavy atom. The van der Waals surface area contributed by atoms with Gasteiger partial charge in [0.15, 0.2) is 5.82 Å². The zero-order valence-electron chi connectivity index (χ0n) is 13.1. The number of carbonyl (C=O) groups is 2. The molecule has 0 radical (unpaired) electrons. The number of urea groups is 1. The van der Waals surface area contributed by atoms with Crippen molar-refractivity contribution in [2.24, 2.45) is 0 Å². The molecule has 1 aromatic carbocycles. The van der Waals surface area contributed by atoms with Crippen molar-refractivity contribution in [3.8, 4) is 0 Å². The predicted octanol–water partition coefficient (Wildman–Crippen LogP) is 1.64. The molecule has 120 valence electrons. The van der Waals surface area contributed by atoms with Crippen molar-refractivity contribution < 1.29 is 9.59 Å². The van der Waals surface area contributed by atoms with Gasteiger partial charge >= 0.3 is 6.03 Å². The molecule has 0 saturated carbocycles. The second-order valence-electron chi connectivity index (χ2n) is 5.00. The molecule has 0 aliphatic heterocycles. The lowest BCUT2D eigenvalue weighted by Crippen LogP contribution is -2.37. The smallest absolute Gasteiger partial charge is 0.320 e. The van der Waals surface area contributed by atoms with Crippen LogP contribution in [0.25, 0.3) is 0 Å². The number of aryl methyl sites for hydroxylation is 2. The monoisotopic (exact) mass is 313 g/mol. The summed E-state index contributed by atoms with van der Waals surface area (Å²) >= 11 is 0. The van der Waals surface area contributed by atoms with Gasteiger partial charge in [-0.25, -0.2) is 4.79 Å². The summed E-state index contributed by atoms with van der Waals surface area (Å²) < 4.78 is 0. The van der Waals surface area contributed by atoms with Gasteiger partial charge in [0.05, 0.1) is 5.69 Å². The summed E-state index contributed by atoms with van der Waals surface area (Å²) in [6.07, 6.45) is 0. The predicted molar refractivity (Wildman–Crippen MR) is 87.3 cm³/mol. The van der Waals surface area contributed by atoms with Gasteiger partial charge in [-0.05, 0) is 37.6 Å². The maximum atomic E-state index is 11.8. The number of nitrogens with zero attached hydrogens (tertiary/aromatic N) is 2. The molecule has 7 nitrogen and oxygen atoms in total. The molecule has 1 heterocycles. The fraction of sp³-hybridized carbons (Fsp3) is 0.250. The van der Waals surface area contributed by atoms with Crippen molar-refractivity contribution >= 4 is 17.8 Å². The van der Waals surface area contributed by atoms with Crippen molar-refractivity contribution in [1.29, 1.82) is 0 Å². The Hall–Kier alpha value is -2.96. The van der Waals surface area contributed by atoms with E-state index in [1.54, 1.807) is 30.3 Å². The van der Waals surface area contributed by atoms with Gasteiger partial charge in [0.1, 0.15) is 0 Å². The van der Waals surface area contributed by atoms with E-state index in [1.807, 2.05) is 19.9 Å². The molecule has 23 heavy (non-hydrogen) atoms. The van der Waals surface area contributed by atoms with Crippen molar-refractivity contribution in [2.75, 3.05) is 18.4 Å². The zero-order valence-corrected chi connectivity index (χ0v) is 13.1. The standard InChI is InChI=1S/C16H19N5O2/c1-11-10-14(21-20-12(11)2)19-16(23)18-9-8-17-15(22)13-6-4-3-5-7-13/h3-7,10H,8-9H2,1-2H3,(H,17,22)(H2,18,19,21,23). The molecule has 3 N–H and O–H groups in total. The summed E-state index contributed by atoms with van der Waals surface area (Å²) in [6.45, 7) is 4.39. The highest BCUT2D eigenvalue weighted by Crippen LogP contribution is 2.07. The minimum atomic E-state index is -0.392. The van der Waals surface area contributed by atoms with Crippen LogP contribution in [0, 0.1) is 13.8 Å². The van der Waals surface area contributed by atoms with E-state index in [1.165, 1.54) is 0 Å². The summed E-state index contributed by atoms with van der Waals surface area (Å²) in [6, 6.07) is 10.3. The van der Waals surface area contributed by atoms with Gasteiger partial charge in [-0.3, -0.25) is 10.1 Å². The van der Waals surface area contributed by atoms with E-state index in [0.29, 0.717) is 24.5 Å². The lowest BCUT2D eigenvalue weighted by molar-refractivity contribution is 0.0954. The normalized spacial score (nSPS) is 10.0. The number of anilines is 1. The van der Waals surface area contributed by atoms with E-state index < -0.39 is 6.03 Å². The summed E-state index contributed by atoms with van der Waals surface area (Å²) in [4.78, 5) is 23.5. The molecule has 1 aromatic heterocycles. The average Bonchev–Trinajstić information content (AvgIpc) is 2.55. The number of rotatable bonds is 5. The average molecular weight is 313 g/mol. The molecule has 0 aliphatic carbocycles. The SMILES string of the molecule is Cc1cc(NC(=O)NCCNC(=O)c2ccccc2)nnc1C. The van der Waals surface area contributed by atoms with E-state index in [9.17, 15) is 9.59 Å². The van der Waals surface area contributed by atoms with Gasteiger partial charge < -0.3 is 10.6 Å². The second-order valence-corrected chi connectivity index (χ2v) is 5.00. The molecule has 0 saturated heterocycles. The van der Waals surface area contributed by atoms with Crippen LogP contribution in [0.1, 0.15) is 21.6 Å². The van der Waals surface area contributed by atoms with Crippen LogP contribution in [0.15, 0.2) is 36.4 Å². The lowest BCUT2D eigenvalue weighted by atomic mass is 10.2. The van der Waals surface area contributed by atoms with Gasteiger partial charge in [0, 0.05) is 18.7 Å². The van der Waals surface area contributed by atoms with Gasteiger partial charge in [-0.2, -0.15) is 5.10 Å². The third-order valence-corrected chi connectivity index (χ3v) is 3.21. The number of hydrogen-bond donors (Lipinski definition) is 3. The number of carbonyl (C=O) groups excluding carboxylic acids is 2. The van der Waals surface area contributed by atoms with Crippen LogP contribution < -0.4 is 16.0 Å². The number of benzene rings is 1. The fourth-order valence-corrected chi connectivity index (χ4v) is 1.81. The molecule has 2 aromatic rings. The Balaban J connectivity index is 1.70. The van der Waals surface area contributed by atoms with E-state index in [4.69, 9.17) is 0 Å². The van der Waals surface area contributed by atoms with E-state index in [2.05, 4.69) is 26.1 Å². The number of aromatic nitrogens is 2. The van der Waals surface area contributed by atoms with Gasteiger partial charge in [0.2, 0.25) is 0 Å². The number of amides is 3. The molecular formula is C16H19N5O2. The Labute approximate surface area is 134 Å². The minimum absolute atomic E-state index is 0.173. The molecule has 0 unspecified atom stereocenters. The molecule has 0 aliphatic rings. The summed E-state index contributed by atoms with van der Waals surface area (Å²) in [5.74, 6) is 0.215. The van der Waals surface area contributed by atoms with Crippen LogP contribution in [0.2, 0.25) is 0 Å².